The summed E-state index contributed by atoms with van der Waals surface area (Å²) in [5, 5.41) is 12.3. The third-order valence-corrected chi connectivity index (χ3v) is 8.97. The molecule has 0 aliphatic carbocycles. The van der Waals surface area contributed by atoms with Gasteiger partial charge >= 0.3 is 18.4 Å². The third kappa shape index (κ3) is 7.50. The molecule has 0 bridgehead atoms. The van der Waals surface area contributed by atoms with Gasteiger partial charge in [-0.15, -0.1) is 5.11 Å². The molecule has 1 aliphatic rings. The standard InChI is InChI=1S/C25H35B5F6N8O4/c1-21(2,25(34,35)36)48-10-14(40-19(45)15-4-5-37-44(15)24(29,30)23(26,27)28)13-8-43-18(39-13)6-12(7-38-43)16(11-47-3)42-9-17(22(31,32)33)41-20(42)46/h4-8,14,16-17H,9-11,26-30H2,1-3H3,(H,40,45)(H,41,46). The zero-order valence-corrected chi connectivity index (χ0v) is 27.8. The number of hydrogen-bond donors (Lipinski definition) is 2. The second kappa shape index (κ2) is 13.0. The number of ether oxygens (including phenoxy) is 2. The van der Waals surface area contributed by atoms with Crippen LogP contribution in [0.15, 0.2) is 30.7 Å². The van der Waals surface area contributed by atoms with Gasteiger partial charge in [0.2, 0.25) is 0 Å². The van der Waals surface area contributed by atoms with Gasteiger partial charge in [-0.1, -0.05) is 0 Å². The lowest BCUT2D eigenvalue weighted by atomic mass is 9.26. The number of amides is 3. The summed E-state index contributed by atoms with van der Waals surface area (Å²) in [6.45, 7) is 0.256. The van der Waals surface area contributed by atoms with Gasteiger partial charge in [0.05, 0.1) is 73.5 Å². The number of nitrogens with zero attached hydrogens (tertiary/aromatic N) is 6. The lowest BCUT2D eigenvalue weighted by Crippen LogP contribution is -2.50. The lowest BCUT2D eigenvalue weighted by Gasteiger charge is -2.41. The van der Waals surface area contributed by atoms with Crippen LogP contribution >= 0.6 is 0 Å². The van der Waals surface area contributed by atoms with Crippen LogP contribution in [0.25, 0.3) is 5.65 Å². The van der Waals surface area contributed by atoms with Crippen LogP contribution in [0.4, 0.5) is 31.1 Å². The maximum absolute atomic E-state index is 13.7. The molecule has 23 heteroatoms. The molecule has 1 saturated heterocycles. The van der Waals surface area contributed by atoms with E-state index in [1.165, 1.54) is 42.3 Å². The van der Waals surface area contributed by atoms with Crippen molar-refractivity contribution < 1.29 is 45.4 Å². The number of urea groups is 1. The number of aromatic nitrogens is 5. The second-order valence-electron chi connectivity index (χ2n) is 13.7. The zero-order valence-electron chi connectivity index (χ0n) is 27.8. The number of alkyl halides is 6. The van der Waals surface area contributed by atoms with Crippen molar-refractivity contribution in [1.29, 1.82) is 0 Å². The highest BCUT2D eigenvalue weighted by Gasteiger charge is 2.50. The number of imidazole rings is 1. The number of halogens is 6. The molecule has 12 nitrogen and oxygen atoms in total. The summed E-state index contributed by atoms with van der Waals surface area (Å²) in [5.41, 5.74) is -1.89. The van der Waals surface area contributed by atoms with E-state index in [9.17, 15) is 35.9 Å². The molecule has 3 amide bonds. The average Bonchev–Trinajstić information content (AvgIpc) is 3.70. The van der Waals surface area contributed by atoms with Crippen molar-refractivity contribution in [3.05, 3.63) is 47.7 Å². The minimum Gasteiger partial charge on any atom is -0.382 e. The molecule has 0 radical (unpaired) electrons. The molecule has 1 aliphatic heterocycles. The molecule has 1 fully saturated rings. The van der Waals surface area contributed by atoms with Crippen molar-refractivity contribution in [2.24, 2.45) is 0 Å². The number of methoxy groups -OCH3 is 1. The predicted octanol–water partition coefficient (Wildman–Crippen LogP) is -1.75. The summed E-state index contributed by atoms with van der Waals surface area (Å²) >= 11 is 0. The number of rotatable bonds is 12. The molecule has 3 unspecified atom stereocenters. The number of fused-ring (bicyclic) bond motifs is 1. The molecule has 0 saturated carbocycles. The fourth-order valence-corrected chi connectivity index (χ4v) is 4.84. The zero-order chi connectivity index (χ0) is 36.0. The van der Waals surface area contributed by atoms with Crippen LogP contribution in [0.1, 0.15) is 47.7 Å². The van der Waals surface area contributed by atoms with Gasteiger partial charge in [-0.3, -0.25) is 9.48 Å². The molecule has 0 spiro atoms. The molecule has 3 aromatic rings. The Morgan fingerprint density at radius 3 is 2.33 bits per heavy atom. The Labute approximate surface area is 277 Å². The normalized spacial score (nSPS) is 17.8. The highest BCUT2D eigenvalue weighted by molar-refractivity contribution is 6.66. The minimum atomic E-state index is -4.73. The molecule has 0 aromatic carbocycles. The summed E-state index contributed by atoms with van der Waals surface area (Å²) < 4.78 is 94.5. The van der Waals surface area contributed by atoms with Crippen LogP contribution in [-0.4, -0.2) is 131 Å². The lowest BCUT2D eigenvalue weighted by molar-refractivity contribution is -0.265. The predicted molar refractivity (Wildman–Crippen MR) is 175 cm³/mol. The Hall–Kier alpha value is -3.61. The summed E-state index contributed by atoms with van der Waals surface area (Å²) in [5.74, 6) is -0.645. The smallest absolute Gasteiger partial charge is 0.382 e. The van der Waals surface area contributed by atoms with E-state index in [-0.39, 0.29) is 28.8 Å². The summed E-state index contributed by atoms with van der Waals surface area (Å²) in [6, 6.07) is -2.24. The van der Waals surface area contributed by atoms with Crippen molar-refractivity contribution in [3.8, 4) is 0 Å². The van der Waals surface area contributed by atoms with Crippen LogP contribution in [-0.2, 0) is 14.8 Å². The topological polar surface area (TPSA) is 128 Å². The number of hydrogen-bond acceptors (Lipinski definition) is 7. The molecule has 3 atom stereocenters. The number of carbonyl (C=O) groups is 2. The van der Waals surface area contributed by atoms with Gasteiger partial charge in [-0.25, -0.2) is 14.3 Å². The maximum Gasteiger partial charge on any atom is 0.416 e. The Balaban J connectivity index is 1.69. The van der Waals surface area contributed by atoms with Crippen molar-refractivity contribution in [1.82, 2.24) is 39.9 Å². The van der Waals surface area contributed by atoms with E-state index in [0.717, 1.165) is 18.7 Å². The number of nitrogens with one attached hydrogen (secondary N) is 2. The molecule has 2 N–H and O–H groups in total. The van der Waals surface area contributed by atoms with E-state index in [4.69, 9.17) is 9.47 Å². The summed E-state index contributed by atoms with van der Waals surface area (Å²) in [7, 11) is 11.1. The largest absolute Gasteiger partial charge is 0.416 e. The SMILES string of the molecule is BC(B)(B)C(B)(B)n1nccc1C(=O)NC(COC(C)(C)C(F)(F)F)c1cn2ncc(C(COC)N3CC(C(F)(F)F)NC3=O)cc2n1. The van der Waals surface area contributed by atoms with Crippen LogP contribution in [0.2, 0.25) is 5.11 Å². The quantitative estimate of drug-likeness (QED) is 0.172. The Bertz CT molecular complexity index is 1640. The molecule has 256 valence electrons. The van der Waals surface area contributed by atoms with Gasteiger partial charge in [0.1, 0.15) is 27.4 Å². The molecule has 48 heavy (non-hydrogen) atoms. The van der Waals surface area contributed by atoms with Crippen LogP contribution in [0, 0.1) is 0 Å². The Morgan fingerprint density at radius 1 is 1.10 bits per heavy atom. The van der Waals surface area contributed by atoms with Gasteiger partial charge in [-0.2, -0.15) is 36.5 Å². The van der Waals surface area contributed by atoms with Gasteiger partial charge in [0.15, 0.2) is 11.2 Å². The molecule has 3 aromatic heterocycles. The summed E-state index contributed by atoms with van der Waals surface area (Å²) in [6.07, 6.45) is -5.23. The first kappa shape index (κ1) is 37.2. The monoisotopic (exact) mass is 680 g/mol. The Morgan fingerprint density at radius 2 is 1.77 bits per heavy atom. The van der Waals surface area contributed by atoms with Crippen molar-refractivity contribution in [3.63, 3.8) is 0 Å². The van der Waals surface area contributed by atoms with E-state index in [2.05, 4.69) is 20.5 Å². The van der Waals surface area contributed by atoms with Crippen LogP contribution in [0.3, 0.4) is 0 Å². The maximum atomic E-state index is 13.7. The van der Waals surface area contributed by atoms with E-state index in [1.807, 2.05) is 44.5 Å². The van der Waals surface area contributed by atoms with E-state index >= 15 is 0 Å². The van der Waals surface area contributed by atoms with E-state index in [1.54, 1.807) is 4.68 Å². The second-order valence-corrected chi connectivity index (χ2v) is 13.7. The first-order valence-electron chi connectivity index (χ1n) is 15.0. The molecular formula is C25H35B5F6N8O4. The minimum absolute atomic E-state index is 0.0893. The average molecular weight is 680 g/mol. The molecule has 4 heterocycles. The third-order valence-electron chi connectivity index (χ3n) is 8.97. The van der Waals surface area contributed by atoms with Crippen LogP contribution < -0.4 is 10.6 Å². The fraction of sp³-hybridized carbons (Fsp3) is 0.560. The Kier molecular flexibility index (Phi) is 10.1. The molecular weight excluding hydrogens is 644 g/mol. The first-order valence-corrected chi connectivity index (χ1v) is 15.0. The van der Waals surface area contributed by atoms with Gasteiger partial charge in [-0.05, 0) is 31.3 Å². The highest BCUT2D eigenvalue weighted by atomic mass is 19.4. The number of carbonyl (C=O) groups excluding carboxylic acids is 2. The van der Waals surface area contributed by atoms with Crippen LogP contribution in [0.5, 0.6) is 0 Å². The van der Waals surface area contributed by atoms with Crippen molar-refractivity contribution in [2.45, 2.75) is 60.4 Å². The van der Waals surface area contributed by atoms with Gasteiger partial charge in [0, 0.05) is 18.9 Å². The fourth-order valence-electron chi connectivity index (χ4n) is 4.84. The van der Waals surface area contributed by atoms with Crippen molar-refractivity contribution >= 4 is 56.8 Å². The van der Waals surface area contributed by atoms with E-state index < -0.39 is 66.5 Å². The van der Waals surface area contributed by atoms with Gasteiger partial charge in [0.25, 0.3) is 5.91 Å². The summed E-state index contributed by atoms with van der Waals surface area (Å²) in [4.78, 5) is 31.7. The van der Waals surface area contributed by atoms with E-state index in [0.29, 0.717) is 5.56 Å². The highest BCUT2D eigenvalue weighted by Crippen LogP contribution is 2.35. The molecule has 4 rings (SSSR count). The van der Waals surface area contributed by atoms with Crippen molar-refractivity contribution in [2.75, 3.05) is 26.9 Å². The first-order chi connectivity index (χ1) is 22.0. The van der Waals surface area contributed by atoms with Gasteiger partial charge < -0.3 is 25.0 Å².